The van der Waals surface area contributed by atoms with Gasteiger partial charge in [-0.15, -0.1) is 0 Å². The molecule has 2 aromatic rings. The summed E-state index contributed by atoms with van der Waals surface area (Å²) in [6.45, 7) is 0. The van der Waals surface area contributed by atoms with Crippen molar-refractivity contribution in [1.82, 2.24) is 4.98 Å². The minimum Gasteiger partial charge on any atom is -0.460 e. The van der Waals surface area contributed by atoms with Crippen LogP contribution in [-0.2, 0) is 0 Å². The van der Waals surface area contributed by atoms with Gasteiger partial charge in [0.25, 0.3) is 0 Å². The van der Waals surface area contributed by atoms with E-state index in [0.717, 1.165) is 10.8 Å². The summed E-state index contributed by atoms with van der Waals surface area (Å²) < 4.78 is 4.80. The molecule has 0 bridgehead atoms. The summed E-state index contributed by atoms with van der Waals surface area (Å²) in [7, 11) is 0. The molecule has 0 unspecified atom stereocenters. The maximum absolute atomic E-state index is 4.80. The summed E-state index contributed by atoms with van der Waals surface area (Å²) in [6.07, 6.45) is 7.78. The first-order chi connectivity index (χ1) is 4.47. The average Bonchev–Trinajstić information content (AvgIpc) is 2.33. The topological polar surface area (TPSA) is 26.0 Å². The van der Waals surface area contributed by atoms with Crippen molar-refractivity contribution in [2.45, 2.75) is 0 Å². The number of rotatable bonds is 0. The monoisotopic (exact) mass is 118 g/mol. The lowest BCUT2D eigenvalue weighted by molar-refractivity contribution is 0.563. The molecule has 1 radical (unpaired) electrons. The normalized spacial score (nSPS) is 10.2. The van der Waals surface area contributed by atoms with Gasteiger partial charge in [-0.1, -0.05) is 0 Å². The van der Waals surface area contributed by atoms with Crippen molar-refractivity contribution in [3.63, 3.8) is 0 Å². The zero-order chi connectivity index (χ0) is 6.10. The van der Waals surface area contributed by atoms with Crippen LogP contribution in [-0.4, -0.2) is 4.98 Å². The van der Waals surface area contributed by atoms with Crippen molar-refractivity contribution in [2.24, 2.45) is 0 Å². The summed E-state index contributed by atoms with van der Waals surface area (Å²) in [5.74, 6) is 0. The predicted octanol–water partition coefficient (Wildman–Crippen LogP) is 1.63. The number of aromatic nitrogens is 1. The highest BCUT2D eigenvalue weighted by Crippen LogP contribution is 2.10. The second kappa shape index (κ2) is 1.58. The lowest BCUT2D eigenvalue weighted by atomic mass is 10.3. The highest BCUT2D eigenvalue weighted by atomic mass is 16.3. The van der Waals surface area contributed by atoms with Crippen LogP contribution in [0.3, 0.4) is 0 Å². The second-order valence-corrected chi connectivity index (χ2v) is 1.80. The number of furan rings is 1. The molecule has 0 aliphatic carbocycles. The Labute approximate surface area is 52.1 Å². The third-order valence-electron chi connectivity index (χ3n) is 1.21. The summed E-state index contributed by atoms with van der Waals surface area (Å²) in [4.78, 5) is 3.89. The van der Waals surface area contributed by atoms with Crippen LogP contribution in [0.15, 0.2) is 29.1 Å². The van der Waals surface area contributed by atoms with Crippen molar-refractivity contribution in [3.8, 4) is 0 Å². The Morgan fingerprint density at radius 3 is 3.44 bits per heavy atom. The lowest BCUT2D eigenvalue weighted by Gasteiger charge is -1.79. The molecule has 0 aliphatic rings. The first-order valence-corrected chi connectivity index (χ1v) is 2.66. The molecule has 0 N–H and O–H groups in total. The fourth-order valence-corrected chi connectivity index (χ4v) is 0.750. The van der Waals surface area contributed by atoms with Crippen LogP contribution >= 0.6 is 0 Å². The Balaban J connectivity index is 2.95. The minimum absolute atomic E-state index is 0.928. The van der Waals surface area contributed by atoms with E-state index >= 15 is 0 Å². The first kappa shape index (κ1) is 4.56. The van der Waals surface area contributed by atoms with Gasteiger partial charge in [0, 0.05) is 23.2 Å². The third kappa shape index (κ3) is 0.598. The standard InChI is InChI=1S/C7H4NO/c1-2-8-3-7-5-9-4-6(1)7/h1-4H. The number of pyridine rings is 1. The van der Waals surface area contributed by atoms with Crippen LogP contribution in [0.5, 0.6) is 0 Å². The van der Waals surface area contributed by atoms with E-state index in [-0.39, 0.29) is 0 Å². The van der Waals surface area contributed by atoms with Crippen LogP contribution in [0, 0.1) is 6.26 Å². The molecule has 43 valence electrons. The smallest absolute Gasteiger partial charge is 0.179 e. The number of hydrogen-bond acceptors (Lipinski definition) is 2. The number of nitrogens with zero attached hydrogens (tertiary/aromatic N) is 1. The number of hydrogen-bond donors (Lipinski definition) is 0. The van der Waals surface area contributed by atoms with Gasteiger partial charge in [0.05, 0.1) is 6.26 Å². The SMILES string of the molecule is [c]1occ2ccncc12. The Morgan fingerprint density at radius 1 is 1.56 bits per heavy atom. The zero-order valence-corrected chi connectivity index (χ0v) is 4.66. The van der Waals surface area contributed by atoms with E-state index in [1.54, 1.807) is 18.7 Å². The molecule has 0 spiro atoms. The van der Waals surface area contributed by atoms with Crippen LogP contribution in [0.2, 0.25) is 0 Å². The van der Waals surface area contributed by atoms with E-state index in [2.05, 4.69) is 11.2 Å². The molecule has 0 saturated heterocycles. The molecule has 2 aromatic heterocycles. The molecule has 0 amide bonds. The fraction of sp³-hybridized carbons (Fsp3) is 0. The van der Waals surface area contributed by atoms with Gasteiger partial charge in [0.15, 0.2) is 6.26 Å². The predicted molar refractivity (Wildman–Crippen MR) is 32.8 cm³/mol. The summed E-state index contributed by atoms with van der Waals surface area (Å²) in [5, 5.41) is 1.97. The fourth-order valence-electron chi connectivity index (χ4n) is 0.750. The van der Waals surface area contributed by atoms with Gasteiger partial charge >= 0.3 is 0 Å². The van der Waals surface area contributed by atoms with E-state index in [9.17, 15) is 0 Å². The minimum atomic E-state index is 0.928. The van der Waals surface area contributed by atoms with E-state index in [1.165, 1.54) is 0 Å². The second-order valence-electron chi connectivity index (χ2n) is 1.80. The Kier molecular flexibility index (Phi) is 0.803. The molecule has 2 nitrogen and oxygen atoms in total. The molecule has 2 heterocycles. The van der Waals surface area contributed by atoms with Gasteiger partial charge < -0.3 is 4.42 Å². The quantitative estimate of drug-likeness (QED) is 0.525. The molecular formula is C7H4NO. The average molecular weight is 118 g/mol. The van der Waals surface area contributed by atoms with Gasteiger partial charge in [0.1, 0.15) is 0 Å². The first-order valence-electron chi connectivity index (χ1n) is 2.66. The van der Waals surface area contributed by atoms with E-state index in [0.29, 0.717) is 0 Å². The molecule has 0 atom stereocenters. The van der Waals surface area contributed by atoms with Crippen LogP contribution in [0.1, 0.15) is 0 Å². The Hall–Kier alpha value is -1.31. The highest BCUT2D eigenvalue weighted by molar-refractivity contribution is 5.78. The molecule has 0 aromatic carbocycles. The van der Waals surface area contributed by atoms with E-state index < -0.39 is 0 Å². The van der Waals surface area contributed by atoms with Gasteiger partial charge in [-0.25, -0.2) is 0 Å². The lowest BCUT2D eigenvalue weighted by Crippen LogP contribution is -1.65. The molecule has 0 aliphatic heterocycles. The Bertz CT molecular complexity index is 283. The van der Waals surface area contributed by atoms with Crippen LogP contribution in [0.4, 0.5) is 0 Å². The zero-order valence-electron chi connectivity index (χ0n) is 4.66. The number of fused-ring (bicyclic) bond motifs is 1. The van der Waals surface area contributed by atoms with Gasteiger partial charge in [-0.2, -0.15) is 0 Å². The summed E-state index contributed by atoms with van der Waals surface area (Å²) in [6, 6.07) is 1.88. The van der Waals surface area contributed by atoms with Crippen molar-refractivity contribution in [2.75, 3.05) is 0 Å². The third-order valence-corrected chi connectivity index (χ3v) is 1.21. The van der Waals surface area contributed by atoms with Crippen molar-refractivity contribution in [3.05, 3.63) is 31.0 Å². The molecular weight excluding hydrogens is 114 g/mol. The van der Waals surface area contributed by atoms with Crippen LogP contribution in [0.25, 0.3) is 10.8 Å². The van der Waals surface area contributed by atoms with Crippen LogP contribution < -0.4 is 0 Å². The summed E-state index contributed by atoms with van der Waals surface area (Å²) in [5.41, 5.74) is 0. The van der Waals surface area contributed by atoms with Crippen molar-refractivity contribution >= 4 is 10.8 Å². The molecule has 0 saturated carbocycles. The van der Waals surface area contributed by atoms with Crippen molar-refractivity contribution < 1.29 is 4.42 Å². The Morgan fingerprint density at radius 2 is 2.56 bits per heavy atom. The van der Waals surface area contributed by atoms with E-state index in [4.69, 9.17) is 4.42 Å². The van der Waals surface area contributed by atoms with Gasteiger partial charge in [-0.05, 0) is 6.07 Å². The van der Waals surface area contributed by atoms with Gasteiger partial charge in [0.2, 0.25) is 0 Å². The summed E-state index contributed by atoms with van der Waals surface area (Å²) >= 11 is 0. The van der Waals surface area contributed by atoms with Gasteiger partial charge in [-0.3, -0.25) is 4.98 Å². The van der Waals surface area contributed by atoms with Crippen molar-refractivity contribution in [1.29, 1.82) is 0 Å². The van der Waals surface area contributed by atoms with E-state index in [1.807, 2.05) is 6.07 Å². The molecule has 2 heteroatoms. The maximum Gasteiger partial charge on any atom is 0.179 e. The highest BCUT2D eigenvalue weighted by Gasteiger charge is 1.91. The maximum atomic E-state index is 4.80. The molecule has 2 rings (SSSR count). The largest absolute Gasteiger partial charge is 0.460 e. The molecule has 0 fully saturated rings. The molecule has 9 heavy (non-hydrogen) atoms.